The molecule has 0 heterocycles. The molecule has 5 heteroatoms. The van der Waals surface area contributed by atoms with Gasteiger partial charge in [0.05, 0.1) is 13.2 Å². The lowest BCUT2D eigenvalue weighted by Gasteiger charge is -2.20. The van der Waals surface area contributed by atoms with Gasteiger partial charge < -0.3 is 5.11 Å². The summed E-state index contributed by atoms with van der Waals surface area (Å²) in [6, 6.07) is 7.21. The Bertz CT molecular complexity index is 410. The van der Waals surface area contributed by atoms with Crippen molar-refractivity contribution in [2.24, 2.45) is 0 Å². The fourth-order valence-electron chi connectivity index (χ4n) is 1.91. The van der Waals surface area contributed by atoms with E-state index < -0.39 is 13.0 Å². The number of aliphatic hydroxyl groups excluding tert-OH is 1. The largest absolute Gasteiger partial charge is 0.395 e. The maximum absolute atomic E-state index is 12.3. The molecule has 0 bridgehead atoms. The standard InChI is InChI=1S/C14H19F2NO2/c1-11-4-2-3-5-12(11)13(19)6-7-17(8-9-18)10-14(15)16/h2-5,14,18H,6-10H2,1H3. The smallest absolute Gasteiger partial charge is 0.251 e. The fraction of sp³-hybridized carbons (Fsp3) is 0.500. The van der Waals surface area contributed by atoms with Crippen LogP contribution in [0.3, 0.4) is 0 Å². The first-order valence-corrected chi connectivity index (χ1v) is 6.24. The number of aliphatic hydroxyl groups is 1. The first kappa shape index (κ1) is 15.7. The summed E-state index contributed by atoms with van der Waals surface area (Å²) in [4.78, 5) is 13.4. The minimum atomic E-state index is -2.46. The summed E-state index contributed by atoms with van der Waals surface area (Å²) in [5.41, 5.74) is 1.51. The van der Waals surface area contributed by atoms with Crippen LogP contribution in [-0.2, 0) is 0 Å². The molecular weight excluding hydrogens is 252 g/mol. The van der Waals surface area contributed by atoms with Crippen molar-refractivity contribution < 1.29 is 18.7 Å². The molecule has 0 spiro atoms. The zero-order chi connectivity index (χ0) is 14.3. The molecule has 0 aliphatic carbocycles. The number of carbonyl (C=O) groups excluding carboxylic acids is 1. The average molecular weight is 271 g/mol. The van der Waals surface area contributed by atoms with Crippen molar-refractivity contribution in [3.05, 3.63) is 35.4 Å². The van der Waals surface area contributed by atoms with E-state index in [1.807, 2.05) is 19.1 Å². The van der Waals surface area contributed by atoms with Crippen LogP contribution in [0.5, 0.6) is 0 Å². The van der Waals surface area contributed by atoms with Gasteiger partial charge >= 0.3 is 0 Å². The quantitative estimate of drug-likeness (QED) is 0.736. The molecule has 0 atom stereocenters. The number of halogens is 2. The number of benzene rings is 1. The Morgan fingerprint density at radius 1 is 1.32 bits per heavy atom. The molecule has 0 saturated heterocycles. The highest BCUT2D eigenvalue weighted by Crippen LogP contribution is 2.10. The predicted octanol–water partition coefficient (Wildman–Crippen LogP) is 2.13. The van der Waals surface area contributed by atoms with Crippen LogP contribution in [0.15, 0.2) is 24.3 Å². The van der Waals surface area contributed by atoms with Crippen molar-refractivity contribution in [3.8, 4) is 0 Å². The van der Waals surface area contributed by atoms with E-state index >= 15 is 0 Å². The maximum atomic E-state index is 12.3. The monoisotopic (exact) mass is 271 g/mol. The van der Waals surface area contributed by atoms with E-state index in [-0.39, 0.29) is 31.9 Å². The second kappa shape index (κ2) is 7.96. The highest BCUT2D eigenvalue weighted by atomic mass is 19.3. The number of nitrogens with zero attached hydrogens (tertiary/aromatic N) is 1. The van der Waals surface area contributed by atoms with Gasteiger partial charge in [0, 0.05) is 25.1 Å². The average Bonchev–Trinajstić information content (AvgIpc) is 2.36. The molecule has 0 amide bonds. The van der Waals surface area contributed by atoms with Gasteiger partial charge in [0.15, 0.2) is 5.78 Å². The van der Waals surface area contributed by atoms with Crippen LogP contribution in [0.2, 0.25) is 0 Å². The van der Waals surface area contributed by atoms with E-state index in [4.69, 9.17) is 5.11 Å². The molecule has 3 nitrogen and oxygen atoms in total. The van der Waals surface area contributed by atoms with Crippen LogP contribution in [0.1, 0.15) is 22.3 Å². The van der Waals surface area contributed by atoms with E-state index in [2.05, 4.69) is 0 Å². The minimum Gasteiger partial charge on any atom is -0.395 e. The van der Waals surface area contributed by atoms with Crippen LogP contribution >= 0.6 is 0 Å². The molecular formula is C14H19F2NO2. The second-order valence-electron chi connectivity index (χ2n) is 4.40. The second-order valence-corrected chi connectivity index (χ2v) is 4.40. The number of alkyl halides is 2. The first-order chi connectivity index (χ1) is 9.04. The number of carbonyl (C=O) groups is 1. The zero-order valence-electron chi connectivity index (χ0n) is 11.0. The predicted molar refractivity (Wildman–Crippen MR) is 69.7 cm³/mol. The normalized spacial score (nSPS) is 11.3. The molecule has 19 heavy (non-hydrogen) atoms. The highest BCUT2D eigenvalue weighted by molar-refractivity contribution is 5.97. The topological polar surface area (TPSA) is 40.5 Å². The molecule has 1 aromatic carbocycles. The Labute approximate surface area is 111 Å². The summed E-state index contributed by atoms with van der Waals surface area (Å²) in [5.74, 6) is -0.0599. The lowest BCUT2D eigenvalue weighted by molar-refractivity contribution is 0.0732. The van der Waals surface area contributed by atoms with Crippen molar-refractivity contribution >= 4 is 5.78 Å². The maximum Gasteiger partial charge on any atom is 0.251 e. The molecule has 1 aromatic rings. The van der Waals surface area contributed by atoms with Crippen molar-refractivity contribution in [1.29, 1.82) is 0 Å². The molecule has 0 radical (unpaired) electrons. The minimum absolute atomic E-state index is 0.0599. The van der Waals surface area contributed by atoms with Gasteiger partial charge in [-0.2, -0.15) is 0 Å². The van der Waals surface area contributed by atoms with Crippen LogP contribution in [0.4, 0.5) is 8.78 Å². The molecule has 0 aromatic heterocycles. The third-order valence-corrected chi connectivity index (χ3v) is 2.91. The van der Waals surface area contributed by atoms with Gasteiger partial charge in [-0.05, 0) is 12.5 Å². The molecule has 106 valence electrons. The van der Waals surface area contributed by atoms with Gasteiger partial charge in [-0.15, -0.1) is 0 Å². The van der Waals surface area contributed by atoms with Gasteiger partial charge in [0.2, 0.25) is 0 Å². The summed E-state index contributed by atoms with van der Waals surface area (Å²) >= 11 is 0. The Morgan fingerprint density at radius 3 is 2.58 bits per heavy atom. The summed E-state index contributed by atoms with van der Waals surface area (Å²) in [7, 11) is 0. The molecule has 1 rings (SSSR count). The third kappa shape index (κ3) is 5.44. The summed E-state index contributed by atoms with van der Waals surface area (Å²) < 4.78 is 24.6. The van der Waals surface area contributed by atoms with E-state index in [9.17, 15) is 13.6 Å². The number of Topliss-reactive ketones (excluding diaryl/α,β-unsaturated/α-hetero) is 1. The Hall–Kier alpha value is -1.33. The fourth-order valence-corrected chi connectivity index (χ4v) is 1.91. The van der Waals surface area contributed by atoms with Crippen molar-refractivity contribution in [1.82, 2.24) is 4.90 Å². The molecule has 0 saturated carbocycles. The van der Waals surface area contributed by atoms with Gasteiger partial charge in [-0.25, -0.2) is 8.78 Å². The van der Waals surface area contributed by atoms with Crippen LogP contribution in [0, 0.1) is 6.92 Å². The Morgan fingerprint density at radius 2 is 2.00 bits per heavy atom. The SMILES string of the molecule is Cc1ccccc1C(=O)CCN(CCO)CC(F)F. The first-order valence-electron chi connectivity index (χ1n) is 6.24. The number of rotatable bonds is 8. The van der Waals surface area contributed by atoms with Crippen LogP contribution in [-0.4, -0.2) is 48.5 Å². The summed E-state index contributed by atoms with van der Waals surface area (Å²) in [5, 5.41) is 8.80. The number of hydrogen-bond donors (Lipinski definition) is 1. The van der Waals surface area contributed by atoms with Crippen LogP contribution in [0.25, 0.3) is 0 Å². The van der Waals surface area contributed by atoms with E-state index in [0.29, 0.717) is 5.56 Å². The molecule has 0 aliphatic rings. The van der Waals surface area contributed by atoms with Crippen molar-refractivity contribution in [3.63, 3.8) is 0 Å². The van der Waals surface area contributed by atoms with Gasteiger partial charge in [0.25, 0.3) is 6.43 Å². The van der Waals surface area contributed by atoms with E-state index in [0.717, 1.165) is 5.56 Å². The summed E-state index contributed by atoms with van der Waals surface area (Å²) in [6.45, 7) is 1.63. The molecule has 0 fully saturated rings. The lowest BCUT2D eigenvalue weighted by Crippen LogP contribution is -2.33. The summed E-state index contributed by atoms with van der Waals surface area (Å²) in [6.07, 6.45) is -2.28. The zero-order valence-corrected chi connectivity index (χ0v) is 11.0. The number of ketones is 1. The van der Waals surface area contributed by atoms with Crippen LogP contribution < -0.4 is 0 Å². The number of hydrogen-bond acceptors (Lipinski definition) is 3. The van der Waals surface area contributed by atoms with E-state index in [1.54, 1.807) is 12.1 Å². The Balaban J connectivity index is 2.54. The molecule has 0 unspecified atom stereocenters. The molecule has 0 aliphatic heterocycles. The highest BCUT2D eigenvalue weighted by Gasteiger charge is 2.14. The van der Waals surface area contributed by atoms with Gasteiger partial charge in [0.1, 0.15) is 0 Å². The number of aryl methyl sites for hydroxylation is 1. The van der Waals surface area contributed by atoms with Crippen molar-refractivity contribution in [2.75, 3.05) is 26.2 Å². The Kier molecular flexibility index (Phi) is 6.59. The molecule has 1 N–H and O–H groups in total. The van der Waals surface area contributed by atoms with Gasteiger partial charge in [-0.1, -0.05) is 24.3 Å². The van der Waals surface area contributed by atoms with Gasteiger partial charge in [-0.3, -0.25) is 9.69 Å². The van der Waals surface area contributed by atoms with E-state index in [1.165, 1.54) is 4.90 Å². The third-order valence-electron chi connectivity index (χ3n) is 2.91. The lowest BCUT2D eigenvalue weighted by atomic mass is 10.0. The van der Waals surface area contributed by atoms with Crippen molar-refractivity contribution in [2.45, 2.75) is 19.8 Å².